The molecule has 0 radical (unpaired) electrons. The number of rotatable bonds is 0. The Morgan fingerprint density at radius 1 is 1.12 bits per heavy atom. The predicted octanol–water partition coefficient (Wildman–Crippen LogP) is 2.36. The molecule has 3 aliphatic heterocycles. The van der Waals surface area contributed by atoms with Crippen LogP contribution in [-0.4, -0.2) is 30.2 Å². The summed E-state index contributed by atoms with van der Waals surface area (Å²) in [6.45, 7) is 2.76. The Hall–Kier alpha value is -0.310. The quantitative estimate of drug-likeness (QED) is 0.600. The maximum atomic E-state index is 6.41. The Labute approximate surface area is 101 Å². The Morgan fingerprint density at radius 3 is 2.69 bits per heavy atom. The molecular weight excluding hydrogens is 222 g/mol. The first-order valence-corrected chi connectivity index (χ1v) is 6.50. The molecule has 0 aromatic heterocycles. The molecular formula is C13H16ClNO. The van der Waals surface area contributed by atoms with Gasteiger partial charge in [0.2, 0.25) is 0 Å². The topological polar surface area (TPSA) is 12.5 Å². The van der Waals surface area contributed by atoms with Crippen LogP contribution in [0.4, 0.5) is 0 Å². The summed E-state index contributed by atoms with van der Waals surface area (Å²) in [4.78, 5) is 0. The van der Waals surface area contributed by atoms with Gasteiger partial charge in [0.25, 0.3) is 0 Å². The van der Waals surface area contributed by atoms with Gasteiger partial charge in [0.05, 0.1) is 13.2 Å². The van der Waals surface area contributed by atoms with Crippen molar-refractivity contribution in [2.45, 2.75) is 18.9 Å². The first-order chi connectivity index (χ1) is 7.79. The minimum absolute atomic E-state index is 0.157. The van der Waals surface area contributed by atoms with E-state index >= 15 is 0 Å². The monoisotopic (exact) mass is 237 g/mol. The van der Waals surface area contributed by atoms with Gasteiger partial charge in [-0.1, -0.05) is 24.3 Å². The van der Waals surface area contributed by atoms with Crippen molar-refractivity contribution in [1.82, 2.24) is 4.42 Å². The van der Waals surface area contributed by atoms with E-state index in [4.69, 9.17) is 16.5 Å². The summed E-state index contributed by atoms with van der Waals surface area (Å²) in [5.74, 6) is 0.665. The van der Waals surface area contributed by atoms with E-state index in [0.29, 0.717) is 12.0 Å². The first kappa shape index (κ1) is 9.69. The predicted molar refractivity (Wildman–Crippen MR) is 63.0 cm³/mol. The van der Waals surface area contributed by atoms with Crippen molar-refractivity contribution in [3.63, 3.8) is 0 Å². The zero-order valence-corrected chi connectivity index (χ0v) is 9.99. The summed E-state index contributed by atoms with van der Waals surface area (Å²) in [6.07, 6.45) is 11.7. The van der Waals surface area contributed by atoms with Crippen molar-refractivity contribution >= 4 is 11.8 Å². The summed E-state index contributed by atoms with van der Waals surface area (Å²) in [5.41, 5.74) is 0.403. The van der Waals surface area contributed by atoms with Crippen LogP contribution in [0.1, 0.15) is 12.8 Å². The summed E-state index contributed by atoms with van der Waals surface area (Å²) >= 11 is 6.41. The van der Waals surface area contributed by atoms with Crippen LogP contribution in [0.5, 0.6) is 0 Å². The van der Waals surface area contributed by atoms with Crippen LogP contribution >= 0.6 is 11.8 Å². The molecule has 4 atom stereocenters. The summed E-state index contributed by atoms with van der Waals surface area (Å²) in [7, 11) is 0. The number of nitrogens with zero attached hydrogens (tertiary/aromatic N) is 1. The molecule has 2 bridgehead atoms. The average molecular weight is 238 g/mol. The number of ether oxygens (including phenoxy) is 1. The summed E-state index contributed by atoms with van der Waals surface area (Å²) in [6, 6.07) is 0.461. The van der Waals surface area contributed by atoms with Crippen LogP contribution in [-0.2, 0) is 4.74 Å². The lowest BCUT2D eigenvalue weighted by molar-refractivity contribution is -0.0668. The highest BCUT2D eigenvalue weighted by Gasteiger charge is 2.67. The average Bonchev–Trinajstić information content (AvgIpc) is 2.71. The van der Waals surface area contributed by atoms with Crippen molar-refractivity contribution in [3.8, 4) is 0 Å². The van der Waals surface area contributed by atoms with Crippen LogP contribution in [0, 0.1) is 16.7 Å². The molecule has 5 rings (SSSR count). The van der Waals surface area contributed by atoms with Gasteiger partial charge in [-0.15, -0.1) is 0 Å². The molecule has 86 valence electrons. The Kier molecular flexibility index (Phi) is 1.77. The van der Waals surface area contributed by atoms with Crippen molar-refractivity contribution in [2.24, 2.45) is 16.7 Å². The van der Waals surface area contributed by atoms with E-state index in [9.17, 15) is 0 Å². The smallest absolute Gasteiger partial charge is 0.0582 e. The van der Waals surface area contributed by atoms with Gasteiger partial charge in [0.1, 0.15) is 0 Å². The van der Waals surface area contributed by atoms with E-state index in [0.717, 1.165) is 19.8 Å². The van der Waals surface area contributed by atoms with Gasteiger partial charge in [-0.2, -0.15) is 0 Å². The van der Waals surface area contributed by atoms with Gasteiger partial charge in [-0.3, -0.25) is 0 Å². The molecule has 0 unspecified atom stereocenters. The van der Waals surface area contributed by atoms with Gasteiger partial charge in [0, 0.05) is 23.4 Å². The van der Waals surface area contributed by atoms with E-state index in [2.05, 4.69) is 24.3 Å². The van der Waals surface area contributed by atoms with Gasteiger partial charge in [-0.25, -0.2) is 4.42 Å². The van der Waals surface area contributed by atoms with Crippen molar-refractivity contribution in [1.29, 1.82) is 0 Å². The van der Waals surface area contributed by atoms with E-state index in [1.54, 1.807) is 0 Å². The highest BCUT2D eigenvalue weighted by atomic mass is 35.5. The summed E-state index contributed by atoms with van der Waals surface area (Å²) < 4.78 is 7.91. The number of halogens is 1. The molecule has 2 nitrogen and oxygen atoms in total. The van der Waals surface area contributed by atoms with Crippen LogP contribution in [0.15, 0.2) is 24.3 Å². The fraction of sp³-hybridized carbons (Fsp3) is 0.692. The van der Waals surface area contributed by atoms with Crippen molar-refractivity contribution in [2.75, 3.05) is 19.8 Å². The van der Waals surface area contributed by atoms with Gasteiger partial charge in [-0.05, 0) is 30.5 Å². The third-order valence-electron chi connectivity index (χ3n) is 5.29. The fourth-order valence-electron chi connectivity index (χ4n) is 4.53. The maximum Gasteiger partial charge on any atom is 0.0582 e. The largest absolute Gasteiger partial charge is 0.379 e. The molecule has 2 aliphatic carbocycles. The Bertz CT molecular complexity index is 393. The maximum absolute atomic E-state index is 6.41. The number of piperidine rings is 2. The van der Waals surface area contributed by atoms with Crippen LogP contribution in [0.2, 0.25) is 0 Å². The number of hydrogen-bond donors (Lipinski definition) is 0. The highest BCUT2D eigenvalue weighted by Crippen LogP contribution is 2.64. The molecule has 0 spiro atoms. The van der Waals surface area contributed by atoms with Gasteiger partial charge >= 0.3 is 0 Å². The third kappa shape index (κ3) is 0.858. The fourth-order valence-corrected chi connectivity index (χ4v) is 4.96. The molecule has 0 aromatic rings. The zero-order valence-electron chi connectivity index (χ0n) is 9.23. The lowest BCUT2D eigenvalue weighted by Gasteiger charge is -2.61. The molecule has 3 saturated heterocycles. The highest BCUT2D eigenvalue weighted by molar-refractivity contribution is 6.13. The molecule has 5 aliphatic rings. The third-order valence-corrected chi connectivity index (χ3v) is 5.67. The molecule has 0 N–H and O–H groups in total. The molecule has 3 heteroatoms. The molecule has 1 saturated carbocycles. The standard InChI is InChI=1S/C13H16ClNO/c14-15-7-10-3-4-11(15)13-6-2-1-5-12(10,13)8-16-9-13/h1-2,5-6,10-11H,3-4,7-9H2/t10-,11-,12-,13+/m1/s1. The molecule has 16 heavy (non-hydrogen) atoms. The lowest BCUT2D eigenvalue weighted by atomic mass is 9.48. The number of hydrogen-bond acceptors (Lipinski definition) is 2. The SMILES string of the molecule is ClN1C[C@H]2CC[C@@H]1[C@@]13C=CC=C[C@@]21COC3. The molecule has 4 fully saturated rings. The van der Waals surface area contributed by atoms with E-state index < -0.39 is 0 Å². The van der Waals surface area contributed by atoms with Gasteiger partial charge in [0.15, 0.2) is 0 Å². The normalized spacial score (nSPS) is 54.1. The van der Waals surface area contributed by atoms with Crippen LogP contribution < -0.4 is 0 Å². The first-order valence-electron chi connectivity index (χ1n) is 6.16. The van der Waals surface area contributed by atoms with Crippen molar-refractivity contribution in [3.05, 3.63) is 24.3 Å². The van der Waals surface area contributed by atoms with Gasteiger partial charge < -0.3 is 4.74 Å². The Morgan fingerprint density at radius 2 is 1.88 bits per heavy atom. The Balaban J connectivity index is 1.93. The number of allylic oxidation sites excluding steroid dienone is 2. The van der Waals surface area contributed by atoms with E-state index in [1.807, 2.05) is 4.42 Å². The second-order valence-electron chi connectivity index (χ2n) is 5.66. The van der Waals surface area contributed by atoms with Crippen molar-refractivity contribution < 1.29 is 4.74 Å². The van der Waals surface area contributed by atoms with Crippen LogP contribution in [0.25, 0.3) is 0 Å². The lowest BCUT2D eigenvalue weighted by Crippen LogP contribution is -2.65. The molecule has 0 aromatic carbocycles. The second-order valence-corrected chi connectivity index (χ2v) is 6.10. The zero-order chi connectivity index (χ0) is 10.8. The van der Waals surface area contributed by atoms with E-state index in [1.165, 1.54) is 12.8 Å². The van der Waals surface area contributed by atoms with E-state index in [-0.39, 0.29) is 10.8 Å². The molecule has 3 heterocycles. The minimum Gasteiger partial charge on any atom is -0.379 e. The van der Waals surface area contributed by atoms with Crippen LogP contribution in [0.3, 0.4) is 0 Å². The number of fused-ring (bicyclic) bond motifs is 2. The second kappa shape index (κ2) is 2.92. The summed E-state index contributed by atoms with van der Waals surface area (Å²) in [5, 5.41) is 0. The molecule has 0 amide bonds. The minimum atomic E-state index is 0.157.